The standard InChI is InChI=1S/C20H18N2O4/c1-24-16-4-6-17(7-5-16)26-19-13-15(3-8-18(19)25-2)22-20(23)14-9-11-21-12-10-14/h3-13H,1-2H3,(H,22,23). The summed E-state index contributed by atoms with van der Waals surface area (Å²) in [6.45, 7) is 0. The monoisotopic (exact) mass is 350 g/mol. The molecule has 0 bridgehead atoms. The van der Waals surface area contributed by atoms with E-state index in [4.69, 9.17) is 14.2 Å². The van der Waals surface area contributed by atoms with Crippen molar-refractivity contribution >= 4 is 11.6 Å². The molecule has 0 aliphatic carbocycles. The number of ether oxygens (including phenoxy) is 3. The number of hydrogen-bond donors (Lipinski definition) is 1. The Labute approximate surface area is 151 Å². The molecule has 2 aromatic carbocycles. The summed E-state index contributed by atoms with van der Waals surface area (Å²) in [5.74, 6) is 2.19. The van der Waals surface area contributed by atoms with Crippen molar-refractivity contribution in [3.05, 3.63) is 72.6 Å². The third-order valence-corrected chi connectivity index (χ3v) is 3.65. The molecule has 3 aromatic rings. The molecule has 0 aliphatic rings. The Morgan fingerprint density at radius 2 is 1.54 bits per heavy atom. The molecule has 1 amide bonds. The van der Waals surface area contributed by atoms with E-state index in [2.05, 4.69) is 10.3 Å². The van der Waals surface area contributed by atoms with Crippen molar-refractivity contribution in [1.82, 2.24) is 4.98 Å². The summed E-state index contributed by atoms with van der Waals surface area (Å²) in [6.07, 6.45) is 3.14. The molecule has 1 heterocycles. The summed E-state index contributed by atoms with van der Waals surface area (Å²) in [7, 11) is 3.17. The molecule has 6 heteroatoms. The predicted molar refractivity (Wildman–Crippen MR) is 98.3 cm³/mol. The van der Waals surface area contributed by atoms with Gasteiger partial charge in [0.25, 0.3) is 5.91 Å². The quantitative estimate of drug-likeness (QED) is 0.723. The molecule has 0 radical (unpaired) electrons. The van der Waals surface area contributed by atoms with Crippen LogP contribution in [0.1, 0.15) is 10.4 Å². The van der Waals surface area contributed by atoms with Gasteiger partial charge in [-0.3, -0.25) is 9.78 Å². The van der Waals surface area contributed by atoms with Crippen LogP contribution >= 0.6 is 0 Å². The van der Waals surface area contributed by atoms with E-state index in [0.29, 0.717) is 28.5 Å². The van der Waals surface area contributed by atoms with Gasteiger partial charge < -0.3 is 19.5 Å². The minimum absolute atomic E-state index is 0.229. The number of anilines is 1. The number of methoxy groups -OCH3 is 2. The summed E-state index contributed by atoms with van der Waals surface area (Å²) in [5, 5.41) is 2.83. The third-order valence-electron chi connectivity index (χ3n) is 3.65. The minimum atomic E-state index is -0.229. The zero-order valence-corrected chi connectivity index (χ0v) is 14.4. The third kappa shape index (κ3) is 4.10. The zero-order chi connectivity index (χ0) is 18.4. The Morgan fingerprint density at radius 1 is 0.846 bits per heavy atom. The van der Waals surface area contributed by atoms with E-state index in [9.17, 15) is 4.79 Å². The van der Waals surface area contributed by atoms with Gasteiger partial charge in [0.05, 0.1) is 14.2 Å². The summed E-state index contributed by atoms with van der Waals surface area (Å²) in [6, 6.07) is 15.7. The molecule has 0 atom stereocenters. The molecular weight excluding hydrogens is 332 g/mol. The van der Waals surface area contributed by atoms with Crippen LogP contribution in [0.15, 0.2) is 67.0 Å². The molecule has 0 saturated carbocycles. The van der Waals surface area contributed by atoms with Crippen molar-refractivity contribution in [3.63, 3.8) is 0 Å². The highest BCUT2D eigenvalue weighted by Gasteiger charge is 2.11. The minimum Gasteiger partial charge on any atom is -0.497 e. The van der Waals surface area contributed by atoms with E-state index in [-0.39, 0.29) is 5.91 Å². The van der Waals surface area contributed by atoms with Crippen LogP contribution in [0.25, 0.3) is 0 Å². The summed E-state index contributed by atoms with van der Waals surface area (Å²) in [4.78, 5) is 16.2. The fraction of sp³-hybridized carbons (Fsp3) is 0.100. The van der Waals surface area contributed by atoms with Gasteiger partial charge in [-0.25, -0.2) is 0 Å². The molecule has 0 saturated heterocycles. The molecule has 6 nitrogen and oxygen atoms in total. The Morgan fingerprint density at radius 3 is 2.19 bits per heavy atom. The van der Waals surface area contributed by atoms with Crippen LogP contribution < -0.4 is 19.5 Å². The second-order valence-corrected chi connectivity index (χ2v) is 5.33. The number of hydrogen-bond acceptors (Lipinski definition) is 5. The highest BCUT2D eigenvalue weighted by molar-refractivity contribution is 6.04. The van der Waals surface area contributed by atoms with E-state index >= 15 is 0 Å². The van der Waals surface area contributed by atoms with Gasteiger partial charge in [0.1, 0.15) is 11.5 Å². The van der Waals surface area contributed by atoms with Crippen LogP contribution in [-0.4, -0.2) is 25.1 Å². The van der Waals surface area contributed by atoms with Crippen LogP contribution in [0, 0.1) is 0 Å². The van der Waals surface area contributed by atoms with Gasteiger partial charge in [-0.2, -0.15) is 0 Å². The van der Waals surface area contributed by atoms with Crippen LogP contribution in [0.4, 0.5) is 5.69 Å². The number of aromatic nitrogens is 1. The number of amides is 1. The lowest BCUT2D eigenvalue weighted by Gasteiger charge is -2.13. The summed E-state index contributed by atoms with van der Waals surface area (Å²) in [5.41, 5.74) is 1.12. The average Bonchev–Trinajstić information content (AvgIpc) is 2.69. The maximum absolute atomic E-state index is 12.3. The molecule has 0 fully saturated rings. The van der Waals surface area contributed by atoms with Gasteiger partial charge >= 0.3 is 0 Å². The van der Waals surface area contributed by atoms with E-state index in [1.54, 1.807) is 81.2 Å². The highest BCUT2D eigenvalue weighted by atomic mass is 16.5. The second-order valence-electron chi connectivity index (χ2n) is 5.33. The number of pyridine rings is 1. The van der Waals surface area contributed by atoms with Gasteiger partial charge in [-0.15, -0.1) is 0 Å². The SMILES string of the molecule is COc1ccc(Oc2cc(NC(=O)c3ccncc3)ccc2OC)cc1. The van der Waals surface area contributed by atoms with Crippen LogP contribution in [-0.2, 0) is 0 Å². The molecule has 0 spiro atoms. The number of carbonyl (C=O) groups excluding carboxylic acids is 1. The number of carbonyl (C=O) groups is 1. The normalized spacial score (nSPS) is 10.1. The van der Waals surface area contributed by atoms with Gasteiger partial charge in [0, 0.05) is 29.7 Å². The number of nitrogens with zero attached hydrogens (tertiary/aromatic N) is 1. The van der Waals surface area contributed by atoms with E-state index in [1.807, 2.05) is 0 Å². The first-order chi connectivity index (χ1) is 12.7. The van der Waals surface area contributed by atoms with Crippen molar-refractivity contribution in [1.29, 1.82) is 0 Å². The zero-order valence-electron chi connectivity index (χ0n) is 14.4. The fourth-order valence-electron chi connectivity index (χ4n) is 2.31. The molecular formula is C20H18N2O4. The first-order valence-electron chi connectivity index (χ1n) is 7.91. The second kappa shape index (κ2) is 8.02. The van der Waals surface area contributed by atoms with Crippen molar-refractivity contribution in [2.45, 2.75) is 0 Å². The van der Waals surface area contributed by atoms with Gasteiger partial charge in [-0.05, 0) is 48.5 Å². The predicted octanol–water partition coefficient (Wildman–Crippen LogP) is 4.14. The number of benzene rings is 2. The molecule has 132 valence electrons. The Hall–Kier alpha value is -3.54. The van der Waals surface area contributed by atoms with Crippen LogP contribution in [0.5, 0.6) is 23.0 Å². The van der Waals surface area contributed by atoms with Gasteiger partial charge in [-0.1, -0.05) is 0 Å². The maximum Gasteiger partial charge on any atom is 0.255 e. The number of rotatable bonds is 6. The highest BCUT2D eigenvalue weighted by Crippen LogP contribution is 2.34. The smallest absolute Gasteiger partial charge is 0.255 e. The van der Waals surface area contributed by atoms with E-state index in [0.717, 1.165) is 5.75 Å². The van der Waals surface area contributed by atoms with E-state index in [1.165, 1.54) is 0 Å². The van der Waals surface area contributed by atoms with Gasteiger partial charge in [0.2, 0.25) is 0 Å². The fourth-order valence-corrected chi connectivity index (χ4v) is 2.31. The lowest BCUT2D eigenvalue weighted by molar-refractivity contribution is 0.102. The number of nitrogens with one attached hydrogen (secondary N) is 1. The van der Waals surface area contributed by atoms with Crippen molar-refractivity contribution in [2.75, 3.05) is 19.5 Å². The summed E-state index contributed by atoms with van der Waals surface area (Å²) >= 11 is 0. The molecule has 3 rings (SSSR count). The maximum atomic E-state index is 12.3. The molecule has 0 aliphatic heterocycles. The first-order valence-corrected chi connectivity index (χ1v) is 7.91. The first kappa shape index (κ1) is 17.3. The molecule has 0 unspecified atom stereocenters. The van der Waals surface area contributed by atoms with Crippen molar-refractivity contribution in [3.8, 4) is 23.0 Å². The lowest BCUT2D eigenvalue weighted by Crippen LogP contribution is -2.11. The van der Waals surface area contributed by atoms with Crippen LogP contribution in [0.2, 0.25) is 0 Å². The lowest BCUT2D eigenvalue weighted by atomic mass is 10.2. The molecule has 1 N–H and O–H groups in total. The Balaban J connectivity index is 1.80. The van der Waals surface area contributed by atoms with Crippen LogP contribution in [0.3, 0.4) is 0 Å². The van der Waals surface area contributed by atoms with Gasteiger partial charge in [0.15, 0.2) is 11.5 Å². The van der Waals surface area contributed by atoms with E-state index < -0.39 is 0 Å². The Bertz CT molecular complexity index is 880. The van der Waals surface area contributed by atoms with Crippen molar-refractivity contribution < 1.29 is 19.0 Å². The van der Waals surface area contributed by atoms with Crippen molar-refractivity contribution in [2.24, 2.45) is 0 Å². The largest absolute Gasteiger partial charge is 0.497 e. The molecule has 1 aromatic heterocycles. The average molecular weight is 350 g/mol. The Kier molecular flexibility index (Phi) is 5.34. The summed E-state index contributed by atoms with van der Waals surface area (Å²) < 4.78 is 16.4. The topological polar surface area (TPSA) is 69.7 Å². The molecule has 26 heavy (non-hydrogen) atoms.